The minimum absolute atomic E-state index is 0.942. The molecule has 126 valence electrons. The summed E-state index contributed by atoms with van der Waals surface area (Å²) in [5, 5.41) is 9.13. The largest absolute Gasteiger partial charge is 0.252 e. The van der Waals surface area contributed by atoms with E-state index in [2.05, 4.69) is 80.6 Å². The van der Waals surface area contributed by atoms with E-state index < -0.39 is 0 Å². The Morgan fingerprint density at radius 3 is 2.15 bits per heavy atom. The normalized spacial score (nSPS) is 11.8. The van der Waals surface area contributed by atoms with Gasteiger partial charge < -0.3 is 0 Å². The van der Waals surface area contributed by atoms with E-state index >= 15 is 0 Å². The second-order valence-corrected chi connectivity index (χ2v) is 6.95. The first-order valence-corrected chi connectivity index (χ1v) is 9.46. The number of rotatable bonds is 2. The average molecular weight is 335 g/mol. The van der Waals surface area contributed by atoms with Gasteiger partial charge in [0, 0.05) is 27.2 Å². The molecular formula is C25H21N. The van der Waals surface area contributed by atoms with Gasteiger partial charge in [-0.2, -0.15) is 0 Å². The van der Waals surface area contributed by atoms with Crippen LogP contribution in [0.1, 0.15) is 25.1 Å². The van der Waals surface area contributed by atoms with Crippen LogP contribution in [0, 0.1) is 0 Å². The first-order valence-electron chi connectivity index (χ1n) is 9.46. The monoisotopic (exact) mass is 335 g/mol. The van der Waals surface area contributed by atoms with Crippen molar-refractivity contribution >= 4 is 43.2 Å². The van der Waals surface area contributed by atoms with E-state index in [0.29, 0.717) is 0 Å². The zero-order valence-electron chi connectivity index (χ0n) is 15.2. The molecule has 0 bridgehead atoms. The number of benzene rings is 4. The minimum Gasteiger partial charge on any atom is -0.252 e. The van der Waals surface area contributed by atoms with E-state index in [1.54, 1.807) is 0 Å². The highest BCUT2D eigenvalue weighted by molar-refractivity contribution is 6.24. The second-order valence-electron chi connectivity index (χ2n) is 6.95. The van der Waals surface area contributed by atoms with Crippen LogP contribution in [0.2, 0.25) is 0 Å². The van der Waals surface area contributed by atoms with Crippen LogP contribution in [0.3, 0.4) is 0 Å². The summed E-state index contributed by atoms with van der Waals surface area (Å²) in [6, 6.07) is 24.2. The Morgan fingerprint density at radius 2 is 1.38 bits per heavy atom. The van der Waals surface area contributed by atoms with Gasteiger partial charge in [0.25, 0.3) is 0 Å². The van der Waals surface area contributed by atoms with E-state index in [-0.39, 0.29) is 0 Å². The van der Waals surface area contributed by atoms with Gasteiger partial charge in [-0.3, -0.25) is 4.98 Å². The van der Waals surface area contributed by atoms with Gasteiger partial charge in [-0.05, 0) is 40.6 Å². The molecule has 5 aromatic rings. The summed E-state index contributed by atoms with van der Waals surface area (Å²) in [5.41, 5.74) is 3.73. The molecule has 26 heavy (non-hydrogen) atoms. The molecule has 0 N–H and O–H groups in total. The molecule has 0 aliphatic heterocycles. The number of hydrogen-bond acceptors (Lipinski definition) is 1. The molecule has 5 rings (SSSR count). The summed E-state index contributed by atoms with van der Waals surface area (Å²) in [7, 11) is 0. The lowest BCUT2D eigenvalue weighted by atomic mass is 9.91. The maximum Gasteiger partial charge on any atom is 0.0790 e. The van der Waals surface area contributed by atoms with Crippen LogP contribution in [0.25, 0.3) is 43.2 Å². The molecule has 1 aromatic heterocycles. The Kier molecular flexibility index (Phi) is 3.43. The van der Waals surface area contributed by atoms with Crippen LogP contribution in [0.5, 0.6) is 0 Å². The number of aromatic nitrogens is 1. The molecule has 1 heterocycles. The smallest absolute Gasteiger partial charge is 0.0790 e. The van der Waals surface area contributed by atoms with Crippen LogP contribution >= 0.6 is 0 Å². The maximum atomic E-state index is 5.13. The molecule has 0 saturated carbocycles. The molecule has 0 fully saturated rings. The third-order valence-electron chi connectivity index (χ3n) is 5.57. The predicted octanol–water partition coefficient (Wildman–Crippen LogP) is 6.82. The SMILES string of the molecule is CCc1cc2c(CC)nc3c4ccccc4ccc3c2c2ccccc12. The summed E-state index contributed by atoms with van der Waals surface area (Å²) < 4.78 is 0. The Bertz CT molecular complexity index is 1300. The van der Waals surface area contributed by atoms with Crippen molar-refractivity contribution in [1.82, 2.24) is 4.98 Å². The molecule has 0 aliphatic rings. The highest BCUT2D eigenvalue weighted by atomic mass is 14.7. The van der Waals surface area contributed by atoms with Crippen molar-refractivity contribution in [2.45, 2.75) is 26.7 Å². The average Bonchev–Trinajstić information content (AvgIpc) is 2.71. The molecule has 0 aliphatic carbocycles. The van der Waals surface area contributed by atoms with E-state index in [0.717, 1.165) is 18.4 Å². The van der Waals surface area contributed by atoms with Crippen molar-refractivity contribution in [2.24, 2.45) is 0 Å². The molecule has 1 nitrogen and oxygen atoms in total. The summed E-state index contributed by atoms with van der Waals surface area (Å²) >= 11 is 0. The third-order valence-corrected chi connectivity index (χ3v) is 5.57. The highest BCUT2D eigenvalue weighted by Gasteiger charge is 2.14. The van der Waals surface area contributed by atoms with Gasteiger partial charge in [0.2, 0.25) is 0 Å². The zero-order valence-corrected chi connectivity index (χ0v) is 15.2. The molecule has 0 unspecified atom stereocenters. The van der Waals surface area contributed by atoms with Crippen molar-refractivity contribution in [3.05, 3.63) is 78.0 Å². The lowest BCUT2D eigenvalue weighted by Gasteiger charge is -2.15. The van der Waals surface area contributed by atoms with Crippen molar-refractivity contribution in [3.63, 3.8) is 0 Å². The first kappa shape index (κ1) is 15.3. The summed E-state index contributed by atoms with van der Waals surface area (Å²) in [6.07, 6.45) is 1.98. The van der Waals surface area contributed by atoms with E-state index in [9.17, 15) is 0 Å². The quantitative estimate of drug-likeness (QED) is 0.323. The van der Waals surface area contributed by atoms with Crippen LogP contribution in [0.15, 0.2) is 66.7 Å². The number of fused-ring (bicyclic) bond motifs is 7. The standard InChI is InChI=1S/C25H21N/c1-3-16-15-22-23(4-2)26-25-19-11-6-5-9-17(19)13-14-21(25)24(22)20-12-8-7-10-18(16)20/h5-15H,3-4H2,1-2H3. The topological polar surface area (TPSA) is 12.9 Å². The lowest BCUT2D eigenvalue weighted by Crippen LogP contribution is -1.96. The van der Waals surface area contributed by atoms with Crippen LogP contribution < -0.4 is 0 Å². The summed E-state index contributed by atoms with van der Waals surface area (Å²) in [6.45, 7) is 4.45. The predicted molar refractivity (Wildman–Crippen MR) is 113 cm³/mol. The molecule has 0 saturated heterocycles. The van der Waals surface area contributed by atoms with E-state index in [1.807, 2.05) is 0 Å². The Balaban J connectivity index is 2.12. The molecule has 0 radical (unpaired) electrons. The fourth-order valence-electron chi connectivity index (χ4n) is 4.30. The summed E-state index contributed by atoms with van der Waals surface area (Å²) in [5.74, 6) is 0. The fourth-order valence-corrected chi connectivity index (χ4v) is 4.30. The first-order chi connectivity index (χ1) is 12.8. The molecule has 0 atom stereocenters. The fraction of sp³-hybridized carbons (Fsp3) is 0.160. The molecule has 0 spiro atoms. The number of nitrogens with zero attached hydrogens (tertiary/aromatic N) is 1. The van der Waals surface area contributed by atoms with Crippen molar-refractivity contribution in [3.8, 4) is 0 Å². The van der Waals surface area contributed by atoms with Crippen molar-refractivity contribution < 1.29 is 0 Å². The highest BCUT2D eigenvalue weighted by Crippen LogP contribution is 2.37. The molecule has 4 aromatic carbocycles. The lowest BCUT2D eigenvalue weighted by molar-refractivity contribution is 1.08. The second kappa shape index (κ2) is 5.81. The molecule has 1 heteroatoms. The van der Waals surface area contributed by atoms with Gasteiger partial charge in [-0.25, -0.2) is 0 Å². The molecular weight excluding hydrogens is 314 g/mol. The van der Waals surface area contributed by atoms with Gasteiger partial charge in [0.15, 0.2) is 0 Å². The van der Waals surface area contributed by atoms with Gasteiger partial charge >= 0.3 is 0 Å². The number of pyridine rings is 1. The zero-order chi connectivity index (χ0) is 17.7. The van der Waals surface area contributed by atoms with Crippen LogP contribution in [-0.2, 0) is 12.8 Å². The van der Waals surface area contributed by atoms with E-state index in [4.69, 9.17) is 4.98 Å². The molecule has 0 amide bonds. The van der Waals surface area contributed by atoms with Gasteiger partial charge in [0.1, 0.15) is 0 Å². The van der Waals surface area contributed by atoms with Gasteiger partial charge in [-0.1, -0.05) is 74.5 Å². The Labute approximate surface area is 153 Å². The number of aryl methyl sites for hydroxylation is 2. The summed E-state index contributed by atoms with van der Waals surface area (Å²) in [4.78, 5) is 5.13. The minimum atomic E-state index is 0.942. The van der Waals surface area contributed by atoms with Crippen LogP contribution in [-0.4, -0.2) is 4.98 Å². The van der Waals surface area contributed by atoms with E-state index in [1.165, 1.54) is 49.0 Å². The van der Waals surface area contributed by atoms with Crippen molar-refractivity contribution in [1.29, 1.82) is 0 Å². The van der Waals surface area contributed by atoms with Gasteiger partial charge in [0.05, 0.1) is 5.52 Å². The van der Waals surface area contributed by atoms with Crippen molar-refractivity contribution in [2.75, 3.05) is 0 Å². The Morgan fingerprint density at radius 1 is 0.654 bits per heavy atom. The number of hydrogen-bond donors (Lipinski definition) is 0. The van der Waals surface area contributed by atoms with Gasteiger partial charge in [-0.15, -0.1) is 0 Å². The van der Waals surface area contributed by atoms with Crippen LogP contribution in [0.4, 0.5) is 0 Å². The third kappa shape index (κ3) is 2.07. The Hall–Kier alpha value is -2.93. The maximum absolute atomic E-state index is 5.13.